The largest absolute Gasteiger partial charge is 0.355 e. The molecule has 17 heavy (non-hydrogen) atoms. The normalized spacial score (nSPS) is 26.9. The van der Waals surface area contributed by atoms with E-state index in [0.717, 1.165) is 5.69 Å². The van der Waals surface area contributed by atoms with E-state index in [1.165, 1.54) is 0 Å². The smallest absolute Gasteiger partial charge is 0.250 e. The third kappa shape index (κ3) is 1.53. The molecule has 1 saturated heterocycles. The van der Waals surface area contributed by atoms with E-state index in [2.05, 4.69) is 5.32 Å². The lowest BCUT2D eigenvalue weighted by atomic mass is 9.96. The van der Waals surface area contributed by atoms with Crippen LogP contribution in [0.5, 0.6) is 0 Å². The molecule has 2 unspecified atom stereocenters. The summed E-state index contributed by atoms with van der Waals surface area (Å²) in [5, 5.41) is 2.39. The standard InChI is InChI=1S/C13H12N2O2/c16-12-10-7-4-8-15(11(10)13(17)14-12)9-5-2-1-3-6-9/h1-7,10-11H,8H2,(H,14,16,17). The first-order valence-electron chi connectivity index (χ1n) is 5.60. The molecule has 0 saturated carbocycles. The Morgan fingerprint density at radius 1 is 1.12 bits per heavy atom. The molecule has 86 valence electrons. The maximum Gasteiger partial charge on any atom is 0.250 e. The SMILES string of the molecule is O=C1NC(=O)C2C1C=CCN2c1ccccc1. The number of fused-ring (bicyclic) bond motifs is 1. The van der Waals surface area contributed by atoms with Gasteiger partial charge in [-0.15, -0.1) is 0 Å². The summed E-state index contributed by atoms with van der Waals surface area (Å²) in [5.74, 6) is -0.749. The highest BCUT2D eigenvalue weighted by molar-refractivity contribution is 6.09. The van der Waals surface area contributed by atoms with Crippen molar-refractivity contribution in [1.29, 1.82) is 0 Å². The van der Waals surface area contributed by atoms with Crippen LogP contribution in [-0.2, 0) is 9.59 Å². The molecule has 0 bridgehead atoms. The van der Waals surface area contributed by atoms with Gasteiger partial charge in [-0.1, -0.05) is 30.4 Å². The Morgan fingerprint density at radius 3 is 2.65 bits per heavy atom. The lowest BCUT2D eigenvalue weighted by molar-refractivity contribution is -0.125. The second-order valence-electron chi connectivity index (χ2n) is 4.24. The van der Waals surface area contributed by atoms with Gasteiger partial charge in [0.2, 0.25) is 11.8 Å². The molecule has 2 aliphatic rings. The summed E-state index contributed by atoms with van der Waals surface area (Å²) in [6.07, 6.45) is 3.76. The Kier molecular flexibility index (Phi) is 2.21. The van der Waals surface area contributed by atoms with Crippen molar-refractivity contribution < 1.29 is 9.59 Å². The Bertz CT molecular complexity index is 495. The van der Waals surface area contributed by atoms with Gasteiger partial charge in [-0.05, 0) is 12.1 Å². The minimum Gasteiger partial charge on any atom is -0.355 e. The molecule has 0 aromatic heterocycles. The van der Waals surface area contributed by atoms with Gasteiger partial charge >= 0.3 is 0 Å². The fourth-order valence-corrected chi connectivity index (χ4v) is 2.43. The molecular weight excluding hydrogens is 216 g/mol. The van der Waals surface area contributed by atoms with Crippen LogP contribution in [0.4, 0.5) is 5.69 Å². The van der Waals surface area contributed by atoms with Crippen LogP contribution in [0.3, 0.4) is 0 Å². The second-order valence-corrected chi connectivity index (χ2v) is 4.24. The Labute approximate surface area is 98.9 Å². The third-order valence-electron chi connectivity index (χ3n) is 3.23. The van der Waals surface area contributed by atoms with Gasteiger partial charge in [-0.25, -0.2) is 0 Å². The van der Waals surface area contributed by atoms with Crippen LogP contribution in [-0.4, -0.2) is 24.4 Å². The summed E-state index contributed by atoms with van der Waals surface area (Å²) in [4.78, 5) is 25.3. The number of nitrogens with zero attached hydrogens (tertiary/aromatic N) is 1. The number of carbonyl (C=O) groups is 2. The predicted octanol–water partition coefficient (Wildman–Crippen LogP) is 0.704. The number of benzene rings is 1. The lowest BCUT2D eigenvalue weighted by Gasteiger charge is -2.33. The highest BCUT2D eigenvalue weighted by atomic mass is 16.2. The van der Waals surface area contributed by atoms with Crippen LogP contribution in [0.25, 0.3) is 0 Å². The summed E-state index contributed by atoms with van der Waals surface area (Å²) in [6.45, 7) is 0.659. The van der Waals surface area contributed by atoms with Crippen molar-refractivity contribution in [1.82, 2.24) is 5.32 Å². The monoisotopic (exact) mass is 228 g/mol. The van der Waals surface area contributed by atoms with Crippen LogP contribution in [0.1, 0.15) is 0 Å². The maximum atomic E-state index is 11.8. The average Bonchev–Trinajstić information content (AvgIpc) is 2.66. The number of hydrogen-bond acceptors (Lipinski definition) is 3. The number of carbonyl (C=O) groups excluding carboxylic acids is 2. The summed E-state index contributed by atoms with van der Waals surface area (Å²) >= 11 is 0. The molecule has 1 aromatic rings. The first-order chi connectivity index (χ1) is 8.27. The van der Waals surface area contributed by atoms with Crippen molar-refractivity contribution in [3.8, 4) is 0 Å². The van der Waals surface area contributed by atoms with Crippen LogP contribution < -0.4 is 10.2 Å². The molecule has 1 fully saturated rings. The van der Waals surface area contributed by atoms with Crippen molar-refractivity contribution >= 4 is 17.5 Å². The van der Waals surface area contributed by atoms with E-state index in [4.69, 9.17) is 0 Å². The van der Waals surface area contributed by atoms with Crippen LogP contribution in [0, 0.1) is 5.92 Å². The number of imide groups is 1. The number of amides is 2. The van der Waals surface area contributed by atoms with E-state index in [-0.39, 0.29) is 17.7 Å². The van der Waals surface area contributed by atoms with E-state index >= 15 is 0 Å². The number of nitrogens with one attached hydrogen (secondary N) is 1. The van der Waals surface area contributed by atoms with Gasteiger partial charge in [0.05, 0.1) is 5.92 Å². The zero-order chi connectivity index (χ0) is 11.8. The first-order valence-corrected chi connectivity index (χ1v) is 5.60. The molecule has 2 heterocycles. The molecule has 0 aliphatic carbocycles. The van der Waals surface area contributed by atoms with Crippen LogP contribution in [0.2, 0.25) is 0 Å². The molecule has 0 spiro atoms. The number of para-hydroxylation sites is 1. The molecule has 2 atom stereocenters. The maximum absolute atomic E-state index is 11.8. The van der Waals surface area contributed by atoms with Gasteiger partial charge < -0.3 is 4.90 Å². The Balaban J connectivity index is 2.00. The van der Waals surface area contributed by atoms with Gasteiger partial charge in [0.1, 0.15) is 6.04 Å². The van der Waals surface area contributed by atoms with E-state index in [1.54, 1.807) is 0 Å². The number of rotatable bonds is 1. The molecule has 4 nitrogen and oxygen atoms in total. The van der Waals surface area contributed by atoms with Crippen molar-refractivity contribution in [2.24, 2.45) is 5.92 Å². The molecule has 2 amide bonds. The summed E-state index contributed by atoms with van der Waals surface area (Å²) < 4.78 is 0. The number of anilines is 1. The van der Waals surface area contributed by atoms with E-state index < -0.39 is 6.04 Å². The zero-order valence-corrected chi connectivity index (χ0v) is 9.17. The van der Waals surface area contributed by atoms with Gasteiger partial charge in [0.25, 0.3) is 0 Å². The molecule has 3 rings (SSSR count). The zero-order valence-electron chi connectivity index (χ0n) is 9.17. The molecule has 1 N–H and O–H groups in total. The van der Waals surface area contributed by atoms with E-state index in [1.807, 2.05) is 47.4 Å². The summed E-state index contributed by atoms with van der Waals surface area (Å²) in [6, 6.07) is 9.29. The van der Waals surface area contributed by atoms with Gasteiger partial charge in [0.15, 0.2) is 0 Å². The molecule has 4 heteroatoms. The second kappa shape index (κ2) is 3.73. The number of hydrogen-bond donors (Lipinski definition) is 1. The predicted molar refractivity (Wildman–Crippen MR) is 63.4 cm³/mol. The van der Waals surface area contributed by atoms with Gasteiger partial charge in [-0.3, -0.25) is 14.9 Å². The molecule has 1 aromatic carbocycles. The summed E-state index contributed by atoms with van der Waals surface area (Å²) in [7, 11) is 0. The minimum absolute atomic E-state index is 0.197. The van der Waals surface area contributed by atoms with E-state index in [9.17, 15) is 9.59 Å². The highest BCUT2D eigenvalue weighted by Crippen LogP contribution is 2.28. The third-order valence-corrected chi connectivity index (χ3v) is 3.23. The van der Waals surface area contributed by atoms with Crippen molar-refractivity contribution in [2.75, 3.05) is 11.4 Å². The first kappa shape index (κ1) is 10.1. The Morgan fingerprint density at radius 2 is 1.88 bits per heavy atom. The molecule has 2 aliphatic heterocycles. The minimum atomic E-state index is -0.394. The van der Waals surface area contributed by atoms with Crippen LogP contribution >= 0.6 is 0 Å². The fraction of sp³-hybridized carbons (Fsp3) is 0.231. The van der Waals surface area contributed by atoms with Crippen molar-refractivity contribution in [2.45, 2.75) is 6.04 Å². The molecular formula is C13H12N2O2. The lowest BCUT2D eigenvalue weighted by Crippen LogP contribution is -2.46. The van der Waals surface area contributed by atoms with Gasteiger partial charge in [-0.2, -0.15) is 0 Å². The fourth-order valence-electron chi connectivity index (χ4n) is 2.43. The van der Waals surface area contributed by atoms with Gasteiger partial charge in [0, 0.05) is 12.2 Å². The van der Waals surface area contributed by atoms with E-state index in [0.29, 0.717) is 6.54 Å². The van der Waals surface area contributed by atoms with Crippen LogP contribution in [0.15, 0.2) is 42.5 Å². The Hall–Kier alpha value is -2.10. The van der Waals surface area contributed by atoms with Crippen molar-refractivity contribution in [3.63, 3.8) is 0 Å². The van der Waals surface area contributed by atoms with Crippen molar-refractivity contribution in [3.05, 3.63) is 42.5 Å². The highest BCUT2D eigenvalue weighted by Gasteiger charge is 2.45. The summed E-state index contributed by atoms with van der Waals surface area (Å²) in [5.41, 5.74) is 0.969. The quantitative estimate of drug-likeness (QED) is 0.568. The topological polar surface area (TPSA) is 49.4 Å². The average molecular weight is 228 g/mol. The molecule has 0 radical (unpaired) electrons.